The second kappa shape index (κ2) is 7.85. The number of methoxy groups -OCH3 is 1. The van der Waals surface area contributed by atoms with E-state index < -0.39 is 22.5 Å². The summed E-state index contributed by atoms with van der Waals surface area (Å²) in [5.41, 5.74) is 0.419. The van der Waals surface area contributed by atoms with Gasteiger partial charge in [-0.25, -0.2) is 13.1 Å². The number of rotatable bonds is 6. The van der Waals surface area contributed by atoms with Crippen LogP contribution in [0.25, 0.3) is 0 Å². The van der Waals surface area contributed by atoms with E-state index in [-0.39, 0.29) is 9.92 Å². The molecule has 0 aliphatic carbocycles. The number of carbonyl (C=O) groups is 1. The van der Waals surface area contributed by atoms with Crippen LogP contribution in [0.2, 0.25) is 10.0 Å². The number of amides is 1. The van der Waals surface area contributed by atoms with Crippen LogP contribution in [0.15, 0.2) is 47.4 Å². The topological polar surface area (TPSA) is 84.5 Å². The Bertz CT molecular complexity index is 856. The number of carbonyl (C=O) groups excluding carboxylic acids is 1. The maximum Gasteiger partial charge on any atom is 0.242 e. The third-order valence-electron chi connectivity index (χ3n) is 2.98. The highest BCUT2D eigenvalue weighted by Gasteiger charge is 2.18. The van der Waals surface area contributed by atoms with Crippen molar-refractivity contribution < 1.29 is 17.9 Å². The second-order valence-electron chi connectivity index (χ2n) is 4.65. The van der Waals surface area contributed by atoms with Crippen molar-refractivity contribution in [3.05, 3.63) is 52.5 Å². The number of ether oxygens (including phenoxy) is 1. The van der Waals surface area contributed by atoms with E-state index >= 15 is 0 Å². The first-order valence-corrected chi connectivity index (χ1v) is 8.95. The van der Waals surface area contributed by atoms with Gasteiger partial charge in [0.15, 0.2) is 0 Å². The fraction of sp³-hybridized carbons (Fsp3) is 0.133. The van der Waals surface area contributed by atoms with Gasteiger partial charge in [0.05, 0.1) is 23.7 Å². The van der Waals surface area contributed by atoms with Crippen molar-refractivity contribution >= 4 is 44.8 Å². The van der Waals surface area contributed by atoms with E-state index in [1.165, 1.54) is 25.3 Å². The molecule has 0 aliphatic heterocycles. The summed E-state index contributed by atoms with van der Waals surface area (Å²) in [7, 11) is -2.41. The predicted molar refractivity (Wildman–Crippen MR) is 93.3 cm³/mol. The Morgan fingerprint density at radius 1 is 1.12 bits per heavy atom. The number of hydrogen-bond donors (Lipinski definition) is 2. The SMILES string of the molecule is COc1ccc(NC(=O)CNS(=O)(=O)c2ccccc2Cl)cc1Cl. The average molecular weight is 389 g/mol. The molecule has 1 amide bonds. The minimum absolute atomic E-state index is 0.0762. The maximum absolute atomic E-state index is 12.1. The summed E-state index contributed by atoms with van der Waals surface area (Å²) in [6, 6.07) is 10.6. The molecule has 2 aromatic carbocycles. The minimum Gasteiger partial charge on any atom is -0.495 e. The van der Waals surface area contributed by atoms with E-state index in [0.717, 1.165) is 0 Å². The van der Waals surface area contributed by atoms with Crippen molar-refractivity contribution in [3.8, 4) is 5.75 Å². The van der Waals surface area contributed by atoms with Crippen LogP contribution in [-0.4, -0.2) is 28.0 Å². The minimum atomic E-state index is -3.89. The molecule has 0 bridgehead atoms. The fourth-order valence-corrected chi connectivity index (χ4v) is 3.61. The number of hydrogen-bond acceptors (Lipinski definition) is 4. The summed E-state index contributed by atoms with van der Waals surface area (Å²) in [6.07, 6.45) is 0. The first-order chi connectivity index (χ1) is 11.3. The van der Waals surface area contributed by atoms with Crippen molar-refractivity contribution in [2.45, 2.75) is 4.90 Å². The first-order valence-electron chi connectivity index (χ1n) is 6.71. The van der Waals surface area contributed by atoms with E-state index in [2.05, 4.69) is 10.0 Å². The molecule has 6 nitrogen and oxygen atoms in total. The number of benzene rings is 2. The fourth-order valence-electron chi connectivity index (χ4n) is 1.85. The number of sulfonamides is 1. The van der Waals surface area contributed by atoms with Crippen LogP contribution in [0.3, 0.4) is 0 Å². The lowest BCUT2D eigenvalue weighted by Crippen LogP contribution is -2.33. The molecule has 0 atom stereocenters. The summed E-state index contributed by atoms with van der Waals surface area (Å²) < 4.78 is 31.5. The molecule has 0 saturated heterocycles. The van der Waals surface area contributed by atoms with Gasteiger partial charge in [-0.05, 0) is 30.3 Å². The Hall–Kier alpha value is -1.80. The lowest BCUT2D eigenvalue weighted by Gasteiger charge is -2.10. The van der Waals surface area contributed by atoms with Gasteiger partial charge in [0.1, 0.15) is 10.6 Å². The summed E-state index contributed by atoms with van der Waals surface area (Å²) in [6.45, 7) is -0.447. The molecular formula is C15H14Cl2N2O4S. The van der Waals surface area contributed by atoms with E-state index in [1.807, 2.05) is 0 Å². The average Bonchev–Trinajstić information content (AvgIpc) is 2.53. The van der Waals surface area contributed by atoms with Crippen LogP contribution in [-0.2, 0) is 14.8 Å². The quantitative estimate of drug-likeness (QED) is 0.796. The van der Waals surface area contributed by atoms with Gasteiger partial charge < -0.3 is 10.1 Å². The Kier molecular flexibility index (Phi) is 6.06. The van der Waals surface area contributed by atoms with Crippen LogP contribution in [0.1, 0.15) is 0 Å². The third kappa shape index (κ3) is 4.61. The standard InChI is InChI=1S/C15H14Cl2N2O4S/c1-23-13-7-6-10(8-12(13)17)19-15(20)9-18-24(21,22)14-5-3-2-4-11(14)16/h2-8,18H,9H2,1H3,(H,19,20). The zero-order chi connectivity index (χ0) is 17.7. The molecule has 2 aromatic rings. The summed E-state index contributed by atoms with van der Waals surface area (Å²) >= 11 is 11.8. The third-order valence-corrected chi connectivity index (χ3v) is 5.18. The highest BCUT2D eigenvalue weighted by molar-refractivity contribution is 7.89. The molecule has 24 heavy (non-hydrogen) atoms. The molecular weight excluding hydrogens is 375 g/mol. The van der Waals surface area contributed by atoms with Gasteiger partial charge in [0.2, 0.25) is 15.9 Å². The van der Waals surface area contributed by atoms with E-state index in [0.29, 0.717) is 16.5 Å². The maximum atomic E-state index is 12.1. The Morgan fingerprint density at radius 2 is 1.83 bits per heavy atom. The van der Waals surface area contributed by atoms with Crippen LogP contribution >= 0.6 is 23.2 Å². The molecule has 0 heterocycles. The molecule has 0 unspecified atom stereocenters. The van der Waals surface area contributed by atoms with Crippen LogP contribution < -0.4 is 14.8 Å². The van der Waals surface area contributed by atoms with Gasteiger partial charge in [-0.2, -0.15) is 0 Å². The van der Waals surface area contributed by atoms with Gasteiger partial charge in [-0.15, -0.1) is 0 Å². The van der Waals surface area contributed by atoms with Gasteiger partial charge in [0.25, 0.3) is 0 Å². The zero-order valence-corrected chi connectivity index (χ0v) is 14.9. The monoisotopic (exact) mass is 388 g/mol. The highest BCUT2D eigenvalue weighted by Crippen LogP contribution is 2.27. The zero-order valence-electron chi connectivity index (χ0n) is 12.5. The van der Waals surface area contributed by atoms with Crippen molar-refractivity contribution in [1.82, 2.24) is 4.72 Å². The van der Waals surface area contributed by atoms with E-state index in [4.69, 9.17) is 27.9 Å². The molecule has 2 N–H and O–H groups in total. The van der Waals surface area contributed by atoms with Crippen molar-refractivity contribution in [2.75, 3.05) is 19.0 Å². The summed E-state index contributed by atoms with van der Waals surface area (Å²) in [4.78, 5) is 11.8. The number of anilines is 1. The van der Waals surface area contributed by atoms with Crippen LogP contribution in [0, 0.1) is 0 Å². The number of halogens is 2. The molecule has 0 fully saturated rings. The summed E-state index contributed by atoms with van der Waals surface area (Å²) in [5.74, 6) is -0.0825. The Labute approximate surface area is 149 Å². The van der Waals surface area contributed by atoms with Crippen LogP contribution in [0.5, 0.6) is 5.75 Å². The normalized spacial score (nSPS) is 11.1. The van der Waals surface area contributed by atoms with E-state index in [9.17, 15) is 13.2 Å². The lowest BCUT2D eigenvalue weighted by molar-refractivity contribution is -0.115. The Balaban J connectivity index is 2.01. The summed E-state index contributed by atoms with van der Waals surface area (Å²) in [5, 5.41) is 2.94. The molecule has 0 aliphatic rings. The van der Waals surface area contributed by atoms with Crippen molar-refractivity contribution in [3.63, 3.8) is 0 Å². The largest absolute Gasteiger partial charge is 0.495 e. The second-order valence-corrected chi connectivity index (χ2v) is 7.20. The molecule has 0 spiro atoms. The first kappa shape index (κ1) is 18.5. The lowest BCUT2D eigenvalue weighted by atomic mass is 10.3. The van der Waals surface area contributed by atoms with Gasteiger partial charge >= 0.3 is 0 Å². The molecule has 9 heteroatoms. The van der Waals surface area contributed by atoms with Gasteiger partial charge in [-0.1, -0.05) is 35.3 Å². The van der Waals surface area contributed by atoms with E-state index in [1.54, 1.807) is 24.3 Å². The molecule has 128 valence electrons. The number of nitrogens with one attached hydrogen (secondary N) is 2. The smallest absolute Gasteiger partial charge is 0.242 e. The molecule has 0 aromatic heterocycles. The predicted octanol–water partition coefficient (Wildman–Crippen LogP) is 2.92. The van der Waals surface area contributed by atoms with Gasteiger partial charge in [0, 0.05) is 5.69 Å². The van der Waals surface area contributed by atoms with Crippen LogP contribution in [0.4, 0.5) is 5.69 Å². The Morgan fingerprint density at radius 3 is 2.46 bits per heavy atom. The van der Waals surface area contributed by atoms with Crippen molar-refractivity contribution in [2.24, 2.45) is 0 Å². The van der Waals surface area contributed by atoms with Crippen molar-refractivity contribution in [1.29, 1.82) is 0 Å². The molecule has 0 radical (unpaired) electrons. The van der Waals surface area contributed by atoms with Gasteiger partial charge in [-0.3, -0.25) is 4.79 Å². The molecule has 2 rings (SSSR count). The molecule has 0 saturated carbocycles. The highest BCUT2D eigenvalue weighted by atomic mass is 35.5.